The summed E-state index contributed by atoms with van der Waals surface area (Å²) in [6, 6.07) is 10.7. The molecule has 4 N–H and O–H groups in total. The van der Waals surface area contributed by atoms with E-state index in [1.54, 1.807) is 0 Å². The maximum atomic E-state index is 12.4. The summed E-state index contributed by atoms with van der Waals surface area (Å²) in [5.74, 6) is -3.31. The van der Waals surface area contributed by atoms with E-state index in [9.17, 15) is 18.4 Å². The lowest BCUT2D eigenvalue weighted by atomic mass is 10.1. The Morgan fingerprint density at radius 1 is 0.692 bits per heavy atom. The van der Waals surface area contributed by atoms with E-state index in [4.69, 9.17) is 20.4 Å². The summed E-state index contributed by atoms with van der Waals surface area (Å²) in [6.45, 7) is 0. The van der Waals surface area contributed by atoms with Crippen LogP contribution < -0.4 is 0 Å². The molecule has 0 aliphatic heterocycles. The first-order valence-corrected chi connectivity index (χ1v) is 7.49. The first kappa shape index (κ1) is 21.2. The minimum absolute atomic E-state index is 0.00435. The van der Waals surface area contributed by atoms with Crippen molar-refractivity contribution in [3.05, 3.63) is 71.3 Å². The molecule has 0 radical (unpaired) electrons. The lowest BCUT2D eigenvalue weighted by Crippen LogP contribution is -2.21. The molecule has 6 nitrogen and oxygen atoms in total. The smallest absolute Gasteiger partial charge is 0.332 e. The number of aliphatic hydroxyl groups is 2. The Morgan fingerprint density at radius 3 is 1.19 bits per heavy atom. The third-order valence-electron chi connectivity index (χ3n) is 3.25. The second-order valence-electron chi connectivity index (χ2n) is 5.37. The van der Waals surface area contributed by atoms with Gasteiger partial charge < -0.3 is 20.4 Å². The summed E-state index contributed by atoms with van der Waals surface area (Å²) >= 11 is 0. The fraction of sp³-hybridized carbons (Fsp3) is 0.222. The molecule has 0 saturated heterocycles. The zero-order valence-electron chi connectivity index (χ0n) is 13.5. The monoisotopic (exact) mass is 368 g/mol. The zero-order valence-corrected chi connectivity index (χ0v) is 13.5. The number of rotatable bonds is 6. The van der Waals surface area contributed by atoms with Crippen molar-refractivity contribution in [1.82, 2.24) is 0 Å². The minimum atomic E-state index is -1.43. The van der Waals surface area contributed by atoms with Crippen molar-refractivity contribution in [1.29, 1.82) is 0 Å². The molecular formula is C18H18F2O6. The van der Waals surface area contributed by atoms with Gasteiger partial charge in [0.2, 0.25) is 0 Å². The van der Waals surface area contributed by atoms with E-state index >= 15 is 0 Å². The van der Waals surface area contributed by atoms with E-state index in [1.165, 1.54) is 48.5 Å². The normalized spacial score (nSPS) is 12.5. The lowest BCUT2D eigenvalue weighted by molar-refractivity contribution is -0.147. The maximum Gasteiger partial charge on any atom is 0.332 e. The molecule has 0 aromatic heterocycles. The fourth-order valence-electron chi connectivity index (χ4n) is 1.86. The number of aliphatic hydroxyl groups excluding tert-OH is 2. The van der Waals surface area contributed by atoms with Crippen molar-refractivity contribution in [2.45, 2.75) is 25.0 Å². The van der Waals surface area contributed by atoms with E-state index in [1.807, 2.05) is 0 Å². The van der Waals surface area contributed by atoms with Crippen LogP contribution in [0.1, 0.15) is 11.1 Å². The molecule has 8 heteroatoms. The van der Waals surface area contributed by atoms with Gasteiger partial charge in [0.15, 0.2) is 12.2 Å². The molecule has 2 aromatic carbocycles. The van der Waals surface area contributed by atoms with Crippen molar-refractivity contribution in [2.24, 2.45) is 0 Å². The fourth-order valence-corrected chi connectivity index (χ4v) is 1.86. The molecule has 0 saturated carbocycles. The van der Waals surface area contributed by atoms with Gasteiger partial charge in [-0.15, -0.1) is 0 Å². The van der Waals surface area contributed by atoms with Gasteiger partial charge in [0.1, 0.15) is 11.6 Å². The van der Waals surface area contributed by atoms with Crippen LogP contribution in [0.2, 0.25) is 0 Å². The summed E-state index contributed by atoms with van der Waals surface area (Å²) in [6.07, 6.45) is -2.86. The Kier molecular flexibility index (Phi) is 8.33. The summed E-state index contributed by atoms with van der Waals surface area (Å²) in [5.41, 5.74) is 1.19. The summed E-state index contributed by atoms with van der Waals surface area (Å²) in [4.78, 5) is 20.5. The van der Waals surface area contributed by atoms with Crippen LogP contribution in [0, 0.1) is 11.6 Å². The summed E-state index contributed by atoms with van der Waals surface area (Å²) in [5, 5.41) is 34.7. The third-order valence-corrected chi connectivity index (χ3v) is 3.25. The molecule has 2 aromatic rings. The van der Waals surface area contributed by atoms with Crippen LogP contribution in [0.5, 0.6) is 0 Å². The number of carbonyl (C=O) groups is 2. The van der Waals surface area contributed by atoms with Crippen LogP contribution in [0.3, 0.4) is 0 Å². The Balaban J connectivity index is 0.000000260. The van der Waals surface area contributed by atoms with Crippen molar-refractivity contribution in [2.75, 3.05) is 0 Å². The molecule has 0 amide bonds. The third kappa shape index (κ3) is 7.82. The number of benzene rings is 2. The van der Waals surface area contributed by atoms with Crippen LogP contribution in [0.4, 0.5) is 8.78 Å². The number of halogens is 2. The second kappa shape index (κ2) is 10.2. The molecule has 0 aliphatic carbocycles. The number of hydrogen-bond acceptors (Lipinski definition) is 4. The van der Waals surface area contributed by atoms with E-state index in [2.05, 4.69) is 0 Å². The largest absolute Gasteiger partial charge is 0.479 e. The van der Waals surface area contributed by atoms with Gasteiger partial charge in [0.05, 0.1) is 0 Å². The van der Waals surface area contributed by atoms with E-state index in [0.717, 1.165) is 0 Å². The molecule has 140 valence electrons. The van der Waals surface area contributed by atoms with Gasteiger partial charge in [-0.3, -0.25) is 0 Å². The molecule has 0 spiro atoms. The molecule has 2 unspecified atom stereocenters. The van der Waals surface area contributed by atoms with Gasteiger partial charge in [0.25, 0.3) is 0 Å². The predicted octanol–water partition coefficient (Wildman–Crippen LogP) is 1.63. The standard InChI is InChI=1S/2C9H9FO3/c2*10-7-3-1-6(2-4-7)5-8(11)9(12)13/h2*1-4,8,11H,5H2,(H,12,13). The number of hydrogen-bond donors (Lipinski definition) is 4. The van der Waals surface area contributed by atoms with Gasteiger partial charge in [0, 0.05) is 12.8 Å². The average Bonchev–Trinajstić information content (AvgIpc) is 2.59. The second-order valence-corrected chi connectivity index (χ2v) is 5.37. The van der Waals surface area contributed by atoms with Crippen LogP contribution >= 0.6 is 0 Å². The molecule has 0 fully saturated rings. The van der Waals surface area contributed by atoms with E-state index in [-0.39, 0.29) is 24.5 Å². The minimum Gasteiger partial charge on any atom is -0.479 e. The topological polar surface area (TPSA) is 115 Å². The molecule has 0 bridgehead atoms. The van der Waals surface area contributed by atoms with Crippen molar-refractivity contribution >= 4 is 11.9 Å². The maximum absolute atomic E-state index is 12.4. The molecule has 26 heavy (non-hydrogen) atoms. The SMILES string of the molecule is O=C(O)C(O)Cc1ccc(F)cc1.O=C(O)C(O)Cc1ccc(F)cc1. The lowest BCUT2D eigenvalue weighted by Gasteiger charge is -2.04. The quantitative estimate of drug-likeness (QED) is 0.616. The van der Waals surface area contributed by atoms with Crippen molar-refractivity contribution in [3.8, 4) is 0 Å². The van der Waals surface area contributed by atoms with Gasteiger partial charge in [-0.05, 0) is 35.4 Å². The molecule has 2 atom stereocenters. The van der Waals surface area contributed by atoms with Crippen molar-refractivity contribution < 1.29 is 38.8 Å². The molecule has 2 rings (SSSR count). The van der Waals surface area contributed by atoms with Crippen LogP contribution in [0.15, 0.2) is 48.5 Å². The van der Waals surface area contributed by atoms with Crippen molar-refractivity contribution in [3.63, 3.8) is 0 Å². The highest BCUT2D eigenvalue weighted by Gasteiger charge is 2.13. The van der Waals surface area contributed by atoms with Crippen LogP contribution in [0.25, 0.3) is 0 Å². The van der Waals surface area contributed by atoms with Gasteiger partial charge in [-0.1, -0.05) is 24.3 Å². The first-order valence-electron chi connectivity index (χ1n) is 7.49. The zero-order chi connectivity index (χ0) is 19.7. The first-order chi connectivity index (χ1) is 12.2. The Labute approximate surface area is 148 Å². The number of carboxylic acids is 2. The van der Waals surface area contributed by atoms with Crippen LogP contribution in [-0.2, 0) is 22.4 Å². The highest BCUT2D eigenvalue weighted by Crippen LogP contribution is 2.06. The molecule has 0 heterocycles. The van der Waals surface area contributed by atoms with Gasteiger partial charge in [-0.25, -0.2) is 18.4 Å². The average molecular weight is 368 g/mol. The van der Waals surface area contributed by atoms with E-state index in [0.29, 0.717) is 11.1 Å². The summed E-state index contributed by atoms with van der Waals surface area (Å²) in [7, 11) is 0. The van der Waals surface area contributed by atoms with E-state index < -0.39 is 24.1 Å². The molecule has 0 aliphatic rings. The highest BCUT2D eigenvalue weighted by atomic mass is 19.1. The Morgan fingerprint density at radius 2 is 0.962 bits per heavy atom. The van der Waals surface area contributed by atoms with Gasteiger partial charge >= 0.3 is 11.9 Å². The number of carboxylic acid groups (broad SMARTS) is 2. The number of aliphatic carboxylic acids is 2. The van der Waals surface area contributed by atoms with Gasteiger partial charge in [-0.2, -0.15) is 0 Å². The van der Waals surface area contributed by atoms with Crippen LogP contribution in [-0.4, -0.2) is 44.6 Å². The highest BCUT2D eigenvalue weighted by molar-refractivity contribution is 5.72. The Hall–Kier alpha value is -2.84. The predicted molar refractivity (Wildman–Crippen MR) is 87.5 cm³/mol. The molecular weight excluding hydrogens is 350 g/mol. The summed E-state index contributed by atoms with van der Waals surface area (Å²) < 4.78 is 24.8. The Bertz CT molecular complexity index is 652.